The summed E-state index contributed by atoms with van der Waals surface area (Å²) >= 11 is 7.65. The number of benzene rings is 3. The third kappa shape index (κ3) is 4.64. The van der Waals surface area contributed by atoms with Crippen molar-refractivity contribution >= 4 is 34.3 Å². The molecule has 3 aromatic carbocycles. The van der Waals surface area contributed by atoms with Gasteiger partial charge in [0.25, 0.3) is 0 Å². The highest BCUT2D eigenvalue weighted by molar-refractivity contribution is 8.08. The van der Waals surface area contributed by atoms with Crippen LogP contribution < -0.4 is 0 Å². The molecule has 0 nitrogen and oxygen atoms in total. The van der Waals surface area contributed by atoms with Gasteiger partial charge in [-0.1, -0.05) is 84.0 Å². The molecule has 3 rings (SSSR count). The van der Waals surface area contributed by atoms with Crippen LogP contribution in [0.15, 0.2) is 95.6 Å². The second kappa shape index (κ2) is 7.89. The van der Waals surface area contributed by atoms with Crippen LogP contribution >= 0.6 is 23.4 Å². The predicted molar refractivity (Wildman–Crippen MR) is 102 cm³/mol. The Hall–Kier alpha value is -2.18. The molecule has 0 fully saturated rings. The Kier molecular flexibility index (Phi) is 5.39. The highest BCUT2D eigenvalue weighted by atomic mass is 35.5. The van der Waals surface area contributed by atoms with Crippen molar-refractivity contribution in [1.29, 1.82) is 0 Å². The van der Waals surface area contributed by atoms with Crippen molar-refractivity contribution in [3.05, 3.63) is 107 Å². The fourth-order valence-electron chi connectivity index (χ4n) is 2.08. The molecule has 0 saturated carbocycles. The first-order valence-electron chi connectivity index (χ1n) is 7.32. The van der Waals surface area contributed by atoms with Gasteiger partial charge in [0.05, 0.1) is 4.91 Å². The Labute approximate surface area is 146 Å². The third-order valence-electron chi connectivity index (χ3n) is 3.24. The summed E-state index contributed by atoms with van der Waals surface area (Å²) < 4.78 is 0. The van der Waals surface area contributed by atoms with Crippen molar-refractivity contribution in [3.8, 4) is 0 Å². The summed E-state index contributed by atoms with van der Waals surface area (Å²) in [5.74, 6) is 0. The highest BCUT2D eigenvalue weighted by Gasteiger charge is 2.03. The van der Waals surface area contributed by atoms with Crippen molar-refractivity contribution in [2.75, 3.05) is 0 Å². The van der Waals surface area contributed by atoms with Crippen molar-refractivity contribution in [2.24, 2.45) is 0 Å². The normalized spacial score (nSPS) is 9.96. The van der Waals surface area contributed by atoms with Crippen molar-refractivity contribution in [3.63, 3.8) is 0 Å². The lowest BCUT2D eigenvalue weighted by Crippen LogP contribution is -1.79. The van der Waals surface area contributed by atoms with Crippen LogP contribution in [-0.2, 0) is 0 Å². The molecule has 0 radical (unpaired) electrons. The first kappa shape index (κ1) is 15.7. The summed E-state index contributed by atoms with van der Waals surface area (Å²) in [5, 5.41) is 0.749. The van der Waals surface area contributed by atoms with E-state index in [2.05, 4.69) is 30.0 Å². The first-order valence-corrected chi connectivity index (χ1v) is 8.51. The van der Waals surface area contributed by atoms with Gasteiger partial charge in [0, 0.05) is 9.92 Å². The second-order valence-electron chi connectivity index (χ2n) is 4.95. The molecule has 0 N–H and O–H groups in total. The SMILES string of the molecule is Clc1ccc(SC(=C=Cc2ccccc2)c2ccccc2)cc1. The van der Waals surface area contributed by atoms with Gasteiger partial charge in [0.1, 0.15) is 0 Å². The maximum atomic E-state index is 5.97. The molecule has 0 heterocycles. The molecule has 0 aromatic heterocycles. The smallest absolute Gasteiger partial charge is 0.0613 e. The van der Waals surface area contributed by atoms with E-state index in [0.29, 0.717) is 0 Å². The van der Waals surface area contributed by atoms with Gasteiger partial charge in [-0.25, -0.2) is 0 Å². The predicted octanol–water partition coefficient (Wildman–Crippen LogP) is 6.79. The quantitative estimate of drug-likeness (QED) is 0.374. The molecule has 0 spiro atoms. The lowest BCUT2D eigenvalue weighted by molar-refractivity contribution is 1.47. The summed E-state index contributed by atoms with van der Waals surface area (Å²) in [5.41, 5.74) is 5.73. The molecule has 3 aromatic rings. The van der Waals surface area contributed by atoms with Gasteiger partial charge in [0.2, 0.25) is 0 Å². The number of hydrogen-bond donors (Lipinski definition) is 0. The van der Waals surface area contributed by atoms with Crippen molar-refractivity contribution in [2.45, 2.75) is 4.90 Å². The van der Waals surface area contributed by atoms with Gasteiger partial charge in [-0.15, -0.1) is 5.73 Å². The molecular weight excluding hydrogens is 320 g/mol. The van der Waals surface area contributed by atoms with Crippen molar-refractivity contribution < 1.29 is 0 Å². The summed E-state index contributed by atoms with van der Waals surface area (Å²) in [6.07, 6.45) is 2.02. The molecule has 0 aliphatic carbocycles. The number of hydrogen-bond acceptors (Lipinski definition) is 1. The minimum absolute atomic E-state index is 0.749. The number of halogens is 1. The minimum Gasteiger partial charge on any atom is -0.104 e. The Morgan fingerprint density at radius 2 is 1.39 bits per heavy atom. The maximum absolute atomic E-state index is 5.97. The standard InChI is InChI=1S/C21H15ClS/c22-19-12-14-20(15-13-19)23-21(18-9-5-2-6-10-18)16-11-17-7-3-1-4-8-17/h1-15H. The van der Waals surface area contributed by atoms with Crippen LogP contribution in [0.1, 0.15) is 11.1 Å². The van der Waals surface area contributed by atoms with Gasteiger partial charge in [-0.05, 0) is 41.5 Å². The van der Waals surface area contributed by atoms with E-state index in [-0.39, 0.29) is 0 Å². The van der Waals surface area contributed by atoms with Crippen LogP contribution in [0.5, 0.6) is 0 Å². The first-order chi connectivity index (χ1) is 11.3. The summed E-state index contributed by atoms with van der Waals surface area (Å²) in [7, 11) is 0. The van der Waals surface area contributed by atoms with Gasteiger partial charge in [0.15, 0.2) is 0 Å². The van der Waals surface area contributed by atoms with Crippen LogP contribution in [0, 0.1) is 0 Å². The Morgan fingerprint density at radius 1 is 0.783 bits per heavy atom. The Morgan fingerprint density at radius 3 is 2.04 bits per heavy atom. The molecular formula is C21H15ClS. The van der Waals surface area contributed by atoms with Crippen LogP contribution in [0.4, 0.5) is 0 Å². The van der Waals surface area contributed by atoms with Crippen LogP contribution in [-0.4, -0.2) is 0 Å². The van der Waals surface area contributed by atoms with Crippen LogP contribution in [0.2, 0.25) is 5.02 Å². The van der Waals surface area contributed by atoms with Crippen molar-refractivity contribution in [1.82, 2.24) is 0 Å². The second-order valence-corrected chi connectivity index (χ2v) is 6.47. The van der Waals surface area contributed by atoms with Gasteiger partial charge >= 0.3 is 0 Å². The topological polar surface area (TPSA) is 0 Å². The summed E-state index contributed by atoms with van der Waals surface area (Å²) in [6.45, 7) is 0. The van der Waals surface area contributed by atoms with E-state index >= 15 is 0 Å². The zero-order valence-electron chi connectivity index (χ0n) is 12.4. The molecule has 0 atom stereocenters. The largest absolute Gasteiger partial charge is 0.104 e. The monoisotopic (exact) mass is 334 g/mol. The fourth-order valence-corrected chi connectivity index (χ4v) is 3.09. The Balaban J connectivity index is 1.97. The zero-order valence-corrected chi connectivity index (χ0v) is 14.0. The lowest BCUT2D eigenvalue weighted by Gasteiger charge is -2.05. The van der Waals surface area contributed by atoms with Gasteiger partial charge in [-0.2, -0.15) is 0 Å². The average molecular weight is 335 g/mol. The van der Waals surface area contributed by atoms with E-state index in [0.717, 1.165) is 26.0 Å². The zero-order chi connectivity index (χ0) is 15.9. The van der Waals surface area contributed by atoms with E-state index in [1.54, 1.807) is 11.8 Å². The fraction of sp³-hybridized carbons (Fsp3) is 0. The van der Waals surface area contributed by atoms with Gasteiger partial charge < -0.3 is 0 Å². The van der Waals surface area contributed by atoms with E-state index in [1.807, 2.05) is 66.7 Å². The average Bonchev–Trinajstić information content (AvgIpc) is 2.62. The van der Waals surface area contributed by atoms with E-state index in [1.165, 1.54) is 0 Å². The highest BCUT2D eigenvalue weighted by Crippen LogP contribution is 2.34. The molecule has 0 bridgehead atoms. The third-order valence-corrected chi connectivity index (χ3v) is 4.56. The number of thioether (sulfide) groups is 1. The van der Waals surface area contributed by atoms with E-state index in [4.69, 9.17) is 11.6 Å². The molecule has 2 heteroatoms. The van der Waals surface area contributed by atoms with E-state index < -0.39 is 0 Å². The molecule has 0 aliphatic rings. The molecule has 112 valence electrons. The molecule has 0 unspecified atom stereocenters. The Bertz CT molecular complexity index is 815. The summed E-state index contributed by atoms with van der Waals surface area (Å²) in [6, 6.07) is 28.4. The molecule has 0 amide bonds. The minimum atomic E-state index is 0.749. The van der Waals surface area contributed by atoms with Gasteiger partial charge in [-0.3, -0.25) is 0 Å². The molecule has 0 aliphatic heterocycles. The molecule has 23 heavy (non-hydrogen) atoms. The number of rotatable bonds is 4. The summed E-state index contributed by atoms with van der Waals surface area (Å²) in [4.78, 5) is 2.22. The van der Waals surface area contributed by atoms with Crippen LogP contribution in [0.25, 0.3) is 11.0 Å². The van der Waals surface area contributed by atoms with E-state index in [9.17, 15) is 0 Å². The molecule has 0 saturated heterocycles. The van der Waals surface area contributed by atoms with Crippen LogP contribution in [0.3, 0.4) is 0 Å². The lowest BCUT2D eigenvalue weighted by atomic mass is 10.2. The maximum Gasteiger partial charge on any atom is 0.0613 e.